The van der Waals surface area contributed by atoms with Crippen LogP contribution in [-0.2, 0) is 26.6 Å². The lowest BCUT2D eigenvalue weighted by atomic mass is 9.93. The summed E-state index contributed by atoms with van der Waals surface area (Å²) >= 11 is 0. The Labute approximate surface area is 157 Å². The first-order valence-electron chi connectivity index (χ1n) is 8.76. The molecule has 0 aromatic heterocycles. The molecule has 0 saturated carbocycles. The molecule has 1 unspecified atom stereocenters. The zero-order chi connectivity index (χ0) is 19.2. The molecular weight excluding hydrogens is 368 g/mol. The number of benzene rings is 2. The molecule has 1 heterocycles. The van der Waals surface area contributed by atoms with Crippen LogP contribution in [0.3, 0.4) is 0 Å². The quantitative estimate of drug-likeness (QED) is 0.593. The van der Waals surface area contributed by atoms with Gasteiger partial charge in [0.1, 0.15) is 10.5 Å². The van der Waals surface area contributed by atoms with Crippen molar-refractivity contribution in [2.24, 2.45) is 0 Å². The molecule has 0 amide bonds. The van der Waals surface area contributed by atoms with Gasteiger partial charge in [-0.2, -0.15) is 0 Å². The number of ether oxygens (including phenoxy) is 1. The van der Waals surface area contributed by atoms with E-state index in [4.69, 9.17) is 4.74 Å². The Morgan fingerprint density at radius 2 is 2.00 bits per heavy atom. The molecule has 1 atom stereocenters. The third kappa shape index (κ3) is 3.08. The fraction of sp³-hybridized carbons (Fsp3) is 0.368. The summed E-state index contributed by atoms with van der Waals surface area (Å²) in [6.45, 7) is 1.70. The number of anilines is 1. The summed E-state index contributed by atoms with van der Waals surface area (Å²) in [5, 5.41) is 11.2. The Morgan fingerprint density at radius 3 is 2.74 bits per heavy atom. The molecule has 1 fully saturated rings. The third-order valence-electron chi connectivity index (χ3n) is 5.40. The monoisotopic (exact) mass is 388 g/mol. The van der Waals surface area contributed by atoms with Gasteiger partial charge in [0.05, 0.1) is 18.1 Å². The maximum absolute atomic E-state index is 12.1. The number of morpholine rings is 1. The van der Waals surface area contributed by atoms with E-state index in [2.05, 4.69) is 17.0 Å². The number of fused-ring (bicyclic) bond motifs is 2. The minimum Gasteiger partial charge on any atom is -0.367 e. The van der Waals surface area contributed by atoms with E-state index in [9.17, 15) is 18.5 Å². The summed E-state index contributed by atoms with van der Waals surface area (Å²) in [5.74, 6) is 0. The average molecular weight is 388 g/mol. The van der Waals surface area contributed by atoms with Gasteiger partial charge in [-0.15, -0.1) is 0 Å². The second-order valence-electron chi connectivity index (χ2n) is 7.10. The van der Waals surface area contributed by atoms with Gasteiger partial charge in [-0.3, -0.25) is 10.1 Å². The molecule has 2 aliphatic rings. The van der Waals surface area contributed by atoms with Crippen molar-refractivity contribution in [1.82, 2.24) is 0 Å². The number of hydrogen-bond acceptors (Lipinski definition) is 6. The van der Waals surface area contributed by atoms with E-state index in [1.165, 1.54) is 23.3 Å². The number of nitro groups is 1. The second-order valence-corrected chi connectivity index (χ2v) is 9.09. The second kappa shape index (κ2) is 6.31. The Morgan fingerprint density at radius 1 is 1.22 bits per heavy atom. The van der Waals surface area contributed by atoms with Crippen molar-refractivity contribution in [3.8, 4) is 0 Å². The van der Waals surface area contributed by atoms with Gasteiger partial charge in [0.2, 0.25) is 0 Å². The van der Waals surface area contributed by atoms with Gasteiger partial charge >= 0.3 is 0 Å². The van der Waals surface area contributed by atoms with E-state index >= 15 is 0 Å². The topological polar surface area (TPSA) is 89.8 Å². The Kier molecular flexibility index (Phi) is 4.20. The lowest BCUT2D eigenvalue weighted by Crippen LogP contribution is -2.49. The summed E-state index contributed by atoms with van der Waals surface area (Å²) in [7, 11) is -3.72. The van der Waals surface area contributed by atoms with Crippen LogP contribution in [0.25, 0.3) is 0 Å². The van der Waals surface area contributed by atoms with Crippen molar-refractivity contribution in [2.45, 2.75) is 23.3 Å². The first-order valence-corrected chi connectivity index (χ1v) is 10.7. The van der Waals surface area contributed by atoms with Crippen LogP contribution >= 0.6 is 0 Å². The van der Waals surface area contributed by atoms with Gasteiger partial charge in [0, 0.05) is 24.6 Å². The molecule has 1 aliphatic heterocycles. The van der Waals surface area contributed by atoms with Crippen molar-refractivity contribution in [2.75, 3.05) is 30.9 Å². The number of rotatable bonds is 3. The fourth-order valence-corrected chi connectivity index (χ4v) is 4.98. The summed E-state index contributed by atoms with van der Waals surface area (Å²) in [5.41, 5.74) is 2.31. The van der Waals surface area contributed by atoms with Crippen LogP contribution in [0.5, 0.6) is 0 Å². The zero-order valence-corrected chi connectivity index (χ0v) is 15.7. The molecule has 1 aliphatic carbocycles. The summed E-state index contributed by atoms with van der Waals surface area (Å²) < 4.78 is 30.3. The molecule has 7 nitrogen and oxygen atoms in total. The molecule has 0 N–H and O–H groups in total. The maximum Gasteiger partial charge on any atom is 0.288 e. The molecule has 4 rings (SSSR count). The Balaban J connectivity index is 1.72. The fourth-order valence-electron chi connectivity index (χ4n) is 4.12. The van der Waals surface area contributed by atoms with Crippen LogP contribution in [0.2, 0.25) is 0 Å². The van der Waals surface area contributed by atoms with E-state index in [0.29, 0.717) is 25.4 Å². The van der Waals surface area contributed by atoms with E-state index in [-0.39, 0.29) is 4.90 Å². The Bertz CT molecular complexity index is 1020. The zero-order valence-electron chi connectivity index (χ0n) is 14.9. The molecule has 8 heteroatoms. The lowest BCUT2D eigenvalue weighted by molar-refractivity contribution is -0.387. The van der Waals surface area contributed by atoms with Crippen molar-refractivity contribution < 1.29 is 18.1 Å². The van der Waals surface area contributed by atoms with Crippen LogP contribution in [-0.4, -0.2) is 39.3 Å². The standard InChI is InChI=1S/C19H20N2O5S/c1-27(24,25)18-12-15(6-7-17(18)21(22)23)20-10-11-26-19(13-20)9-8-14-4-2-3-5-16(14)19/h2-7,12H,8-11,13H2,1H3. The summed E-state index contributed by atoms with van der Waals surface area (Å²) in [6.07, 6.45) is 2.81. The molecule has 142 valence electrons. The minimum absolute atomic E-state index is 0.252. The molecule has 2 aromatic rings. The number of nitrogens with zero attached hydrogens (tertiary/aromatic N) is 2. The van der Waals surface area contributed by atoms with Crippen LogP contribution in [0.4, 0.5) is 11.4 Å². The number of aryl methyl sites for hydroxylation is 1. The van der Waals surface area contributed by atoms with Crippen molar-refractivity contribution in [3.63, 3.8) is 0 Å². The van der Waals surface area contributed by atoms with Gasteiger partial charge < -0.3 is 9.64 Å². The summed E-state index contributed by atoms with van der Waals surface area (Å²) in [6, 6.07) is 12.5. The highest BCUT2D eigenvalue weighted by molar-refractivity contribution is 7.90. The molecular formula is C19H20N2O5S. The largest absolute Gasteiger partial charge is 0.367 e. The van der Waals surface area contributed by atoms with Crippen LogP contribution < -0.4 is 4.90 Å². The smallest absolute Gasteiger partial charge is 0.288 e. The van der Waals surface area contributed by atoms with Crippen LogP contribution in [0, 0.1) is 10.1 Å². The lowest BCUT2D eigenvalue weighted by Gasteiger charge is -2.42. The molecule has 0 radical (unpaired) electrons. The van der Waals surface area contributed by atoms with Crippen molar-refractivity contribution >= 4 is 21.2 Å². The molecule has 2 aromatic carbocycles. The van der Waals surface area contributed by atoms with Crippen LogP contribution in [0.1, 0.15) is 17.5 Å². The van der Waals surface area contributed by atoms with Crippen molar-refractivity contribution in [1.29, 1.82) is 0 Å². The van der Waals surface area contributed by atoms with Crippen molar-refractivity contribution in [3.05, 3.63) is 63.7 Å². The normalized spacial score (nSPS) is 22.0. The highest BCUT2D eigenvalue weighted by Gasteiger charge is 2.43. The highest BCUT2D eigenvalue weighted by atomic mass is 32.2. The highest BCUT2D eigenvalue weighted by Crippen LogP contribution is 2.43. The first kappa shape index (κ1) is 17.9. The minimum atomic E-state index is -3.72. The Hall–Kier alpha value is -2.45. The van der Waals surface area contributed by atoms with E-state index in [1.807, 2.05) is 12.1 Å². The van der Waals surface area contributed by atoms with Gasteiger partial charge in [-0.05, 0) is 36.1 Å². The third-order valence-corrected chi connectivity index (χ3v) is 6.52. The first-order chi connectivity index (χ1) is 12.8. The van der Waals surface area contributed by atoms with E-state index < -0.39 is 26.0 Å². The van der Waals surface area contributed by atoms with E-state index in [1.54, 1.807) is 6.07 Å². The van der Waals surface area contributed by atoms with Crippen LogP contribution in [0.15, 0.2) is 47.4 Å². The molecule has 27 heavy (non-hydrogen) atoms. The predicted octanol–water partition coefficient (Wildman–Crippen LogP) is 2.68. The van der Waals surface area contributed by atoms with Gasteiger partial charge in [-0.25, -0.2) is 8.42 Å². The van der Waals surface area contributed by atoms with Gasteiger partial charge in [0.25, 0.3) is 5.69 Å². The van der Waals surface area contributed by atoms with E-state index in [0.717, 1.165) is 19.1 Å². The molecule has 1 saturated heterocycles. The van der Waals surface area contributed by atoms with Gasteiger partial charge in [0.15, 0.2) is 9.84 Å². The predicted molar refractivity (Wildman–Crippen MR) is 101 cm³/mol. The number of sulfone groups is 1. The number of hydrogen-bond donors (Lipinski definition) is 0. The number of nitro benzene ring substituents is 1. The van der Waals surface area contributed by atoms with Gasteiger partial charge in [-0.1, -0.05) is 24.3 Å². The summed E-state index contributed by atoms with van der Waals surface area (Å²) in [4.78, 5) is 12.4. The molecule has 0 bridgehead atoms. The maximum atomic E-state index is 12.1. The average Bonchev–Trinajstić information content (AvgIpc) is 2.99. The molecule has 1 spiro atoms. The SMILES string of the molecule is CS(=O)(=O)c1cc(N2CCOC3(CCc4ccccc43)C2)ccc1[N+](=O)[O-].